The van der Waals surface area contributed by atoms with Crippen molar-refractivity contribution in [2.24, 2.45) is 7.05 Å². The van der Waals surface area contributed by atoms with Gasteiger partial charge in [-0.3, -0.25) is 4.72 Å². The highest BCUT2D eigenvalue weighted by Gasteiger charge is 2.21. The molecular weight excluding hydrogens is 354 g/mol. The summed E-state index contributed by atoms with van der Waals surface area (Å²) in [7, 11) is -2.06. The average molecular weight is 373 g/mol. The van der Waals surface area contributed by atoms with Gasteiger partial charge in [-0.1, -0.05) is 32.0 Å². The number of hydrogen-bond acceptors (Lipinski definition) is 6. The Hall–Kier alpha value is -2.94. The third kappa shape index (κ3) is 3.99. The highest BCUT2D eigenvalue weighted by Crippen LogP contribution is 2.20. The lowest BCUT2D eigenvalue weighted by Gasteiger charge is -2.06. The second-order valence-electron chi connectivity index (χ2n) is 5.98. The first kappa shape index (κ1) is 17.9. The van der Waals surface area contributed by atoms with E-state index in [1.165, 1.54) is 18.6 Å². The number of aryl methyl sites for hydroxylation is 1. The van der Waals surface area contributed by atoms with Gasteiger partial charge in [-0.25, -0.2) is 15.0 Å². The van der Waals surface area contributed by atoms with E-state index < -0.39 is 10.0 Å². The van der Waals surface area contributed by atoms with Gasteiger partial charge in [0, 0.05) is 19.2 Å². The quantitative estimate of drug-likeness (QED) is 0.713. The number of rotatable bonds is 6. The summed E-state index contributed by atoms with van der Waals surface area (Å²) >= 11 is 0. The van der Waals surface area contributed by atoms with Crippen LogP contribution >= 0.6 is 0 Å². The van der Waals surface area contributed by atoms with Crippen LogP contribution in [0.15, 0.2) is 53.9 Å². The molecule has 9 heteroatoms. The number of imidazole rings is 1. The Morgan fingerprint density at radius 3 is 2.35 bits per heavy atom. The van der Waals surface area contributed by atoms with Crippen molar-refractivity contribution in [3.05, 3.63) is 54.7 Å². The summed E-state index contributed by atoms with van der Waals surface area (Å²) in [5.41, 5.74) is 0.224. The van der Waals surface area contributed by atoms with E-state index >= 15 is 0 Å². The number of sulfonamides is 1. The molecule has 1 aromatic carbocycles. The molecule has 0 atom stereocenters. The molecular formula is C17H19N5O3S. The number of aromatic nitrogens is 4. The van der Waals surface area contributed by atoms with Gasteiger partial charge in [-0.15, -0.1) is 0 Å². The fourth-order valence-corrected chi connectivity index (χ4v) is 3.37. The van der Waals surface area contributed by atoms with Gasteiger partial charge in [0.05, 0.1) is 18.1 Å². The van der Waals surface area contributed by atoms with E-state index in [2.05, 4.69) is 19.7 Å². The largest absolute Gasteiger partial charge is 0.424 e. The minimum atomic E-state index is -3.82. The number of nitrogens with zero attached hydrogens (tertiary/aromatic N) is 4. The van der Waals surface area contributed by atoms with Crippen molar-refractivity contribution >= 4 is 15.7 Å². The Morgan fingerprint density at radius 2 is 1.77 bits per heavy atom. The van der Waals surface area contributed by atoms with Crippen LogP contribution < -0.4 is 9.46 Å². The van der Waals surface area contributed by atoms with Crippen molar-refractivity contribution in [1.29, 1.82) is 0 Å². The van der Waals surface area contributed by atoms with Gasteiger partial charge in [0.1, 0.15) is 11.6 Å². The van der Waals surface area contributed by atoms with Crippen LogP contribution in [0.3, 0.4) is 0 Å². The number of anilines is 1. The fourth-order valence-electron chi connectivity index (χ4n) is 2.34. The monoisotopic (exact) mass is 373 g/mol. The Labute approximate surface area is 152 Å². The van der Waals surface area contributed by atoms with Crippen LogP contribution in [0.25, 0.3) is 0 Å². The molecule has 3 rings (SSSR count). The smallest absolute Gasteiger partial charge is 0.322 e. The third-order valence-electron chi connectivity index (χ3n) is 3.51. The minimum Gasteiger partial charge on any atom is -0.424 e. The van der Waals surface area contributed by atoms with Crippen molar-refractivity contribution in [2.45, 2.75) is 24.8 Å². The first-order valence-electron chi connectivity index (χ1n) is 7.96. The predicted molar refractivity (Wildman–Crippen MR) is 96.7 cm³/mol. The Bertz CT molecular complexity index is 983. The summed E-state index contributed by atoms with van der Waals surface area (Å²) < 4.78 is 34.6. The van der Waals surface area contributed by atoms with Crippen molar-refractivity contribution in [3.63, 3.8) is 0 Å². The number of para-hydroxylation sites is 1. The number of nitrogens with one attached hydrogen (secondary N) is 1. The highest BCUT2D eigenvalue weighted by molar-refractivity contribution is 7.92. The minimum absolute atomic E-state index is 0.0479. The second kappa shape index (κ2) is 7.12. The van der Waals surface area contributed by atoms with E-state index in [4.69, 9.17) is 4.74 Å². The molecule has 26 heavy (non-hydrogen) atoms. The molecule has 0 saturated heterocycles. The summed E-state index contributed by atoms with van der Waals surface area (Å²) in [5, 5.41) is -0.0479. The lowest BCUT2D eigenvalue weighted by molar-refractivity contribution is 0.442. The number of benzene rings is 1. The normalized spacial score (nSPS) is 11.5. The first-order valence-corrected chi connectivity index (χ1v) is 9.44. The van der Waals surface area contributed by atoms with Crippen LogP contribution in [0.5, 0.6) is 11.8 Å². The zero-order chi connectivity index (χ0) is 18.7. The summed E-state index contributed by atoms with van der Waals surface area (Å²) in [6.45, 7) is 3.90. The van der Waals surface area contributed by atoms with Crippen LogP contribution in [0.2, 0.25) is 0 Å². The molecule has 2 heterocycles. The van der Waals surface area contributed by atoms with Gasteiger partial charge in [0.15, 0.2) is 5.03 Å². The third-order valence-corrected chi connectivity index (χ3v) is 4.77. The van der Waals surface area contributed by atoms with E-state index in [0.717, 1.165) is 0 Å². The van der Waals surface area contributed by atoms with Crippen LogP contribution in [-0.2, 0) is 17.1 Å². The molecule has 0 fully saturated rings. The Morgan fingerprint density at radius 1 is 1.12 bits per heavy atom. The van der Waals surface area contributed by atoms with Crippen molar-refractivity contribution in [2.75, 3.05) is 4.72 Å². The van der Waals surface area contributed by atoms with E-state index in [0.29, 0.717) is 11.6 Å². The van der Waals surface area contributed by atoms with Crippen molar-refractivity contribution < 1.29 is 13.2 Å². The molecule has 0 amide bonds. The van der Waals surface area contributed by atoms with Crippen molar-refractivity contribution in [1.82, 2.24) is 19.5 Å². The molecule has 136 valence electrons. The second-order valence-corrected chi connectivity index (χ2v) is 7.61. The molecule has 0 aliphatic heterocycles. The molecule has 2 aromatic heterocycles. The molecule has 0 unspecified atom stereocenters. The number of ether oxygens (including phenoxy) is 1. The molecule has 1 N–H and O–H groups in total. The Balaban J connectivity index is 1.75. The molecule has 8 nitrogen and oxygen atoms in total. The summed E-state index contributed by atoms with van der Waals surface area (Å²) in [4.78, 5) is 12.2. The van der Waals surface area contributed by atoms with Crippen LogP contribution in [0.1, 0.15) is 25.6 Å². The fraction of sp³-hybridized carbons (Fsp3) is 0.235. The van der Waals surface area contributed by atoms with Crippen LogP contribution in [0.4, 0.5) is 5.69 Å². The predicted octanol–water partition coefficient (Wildman–Crippen LogP) is 2.93. The number of hydrogen-bond donors (Lipinski definition) is 1. The lowest BCUT2D eigenvalue weighted by Crippen LogP contribution is -2.14. The standard InChI is InChI=1S/C17H19N5O3S/c1-12(2)16-20-15(11-22(16)3)26(23,24)21-13-9-18-17(19-10-13)25-14-7-5-4-6-8-14/h4-12,21H,1-3H3. The molecule has 0 bridgehead atoms. The lowest BCUT2D eigenvalue weighted by atomic mass is 10.2. The van der Waals surface area contributed by atoms with Crippen LogP contribution in [0, 0.1) is 0 Å². The van der Waals surface area contributed by atoms with Gasteiger partial charge < -0.3 is 9.30 Å². The molecule has 0 saturated carbocycles. The summed E-state index contributed by atoms with van der Waals surface area (Å²) in [6, 6.07) is 9.19. The molecule has 3 aromatic rings. The van der Waals surface area contributed by atoms with E-state index in [9.17, 15) is 8.42 Å². The first-order chi connectivity index (χ1) is 12.3. The van der Waals surface area contributed by atoms with Gasteiger partial charge in [0.25, 0.3) is 10.0 Å². The maximum Gasteiger partial charge on any atom is 0.322 e. The van der Waals surface area contributed by atoms with E-state index in [1.54, 1.807) is 23.7 Å². The maximum absolute atomic E-state index is 12.5. The summed E-state index contributed by atoms with van der Waals surface area (Å²) in [5.74, 6) is 1.39. The van der Waals surface area contributed by atoms with Gasteiger partial charge in [0.2, 0.25) is 0 Å². The van der Waals surface area contributed by atoms with Crippen LogP contribution in [-0.4, -0.2) is 27.9 Å². The summed E-state index contributed by atoms with van der Waals surface area (Å²) in [6.07, 6.45) is 4.16. The van der Waals surface area contributed by atoms with Gasteiger partial charge in [-0.05, 0) is 12.1 Å². The molecule has 0 spiro atoms. The van der Waals surface area contributed by atoms with E-state index in [1.807, 2.05) is 32.0 Å². The molecule has 0 aliphatic rings. The average Bonchev–Trinajstić information content (AvgIpc) is 3.00. The zero-order valence-corrected chi connectivity index (χ0v) is 15.4. The zero-order valence-electron chi connectivity index (χ0n) is 14.6. The highest BCUT2D eigenvalue weighted by atomic mass is 32.2. The van der Waals surface area contributed by atoms with Crippen molar-refractivity contribution in [3.8, 4) is 11.8 Å². The molecule has 0 aliphatic carbocycles. The topological polar surface area (TPSA) is 99.0 Å². The maximum atomic E-state index is 12.5. The molecule has 0 radical (unpaired) electrons. The van der Waals surface area contributed by atoms with Gasteiger partial charge in [-0.2, -0.15) is 8.42 Å². The van der Waals surface area contributed by atoms with Gasteiger partial charge >= 0.3 is 6.01 Å². The Kier molecular flexibility index (Phi) is 4.90. The SMILES string of the molecule is CC(C)c1nc(S(=O)(=O)Nc2cnc(Oc3ccccc3)nc2)cn1C. The van der Waals surface area contributed by atoms with E-state index in [-0.39, 0.29) is 22.6 Å².